The zero-order valence-corrected chi connectivity index (χ0v) is 11.6. The van der Waals surface area contributed by atoms with Crippen LogP contribution in [0.3, 0.4) is 0 Å². The van der Waals surface area contributed by atoms with E-state index in [1.807, 2.05) is 11.9 Å². The molecule has 8 nitrogen and oxygen atoms in total. The Bertz CT molecular complexity index is 432. The highest BCUT2D eigenvalue weighted by Gasteiger charge is 2.20. The van der Waals surface area contributed by atoms with Crippen LogP contribution in [0.15, 0.2) is 6.33 Å². The maximum atomic E-state index is 10.9. The first kappa shape index (κ1) is 15.5. The number of nitrogens with one attached hydrogen (secondary N) is 1. The van der Waals surface area contributed by atoms with Crippen LogP contribution in [-0.2, 0) is 4.74 Å². The smallest absolute Gasteiger partial charge is 0.348 e. The Balaban J connectivity index is 2.54. The quantitative estimate of drug-likeness (QED) is 0.434. The molecule has 1 heterocycles. The van der Waals surface area contributed by atoms with Gasteiger partial charge in [-0.1, -0.05) is 11.6 Å². The summed E-state index contributed by atoms with van der Waals surface area (Å²) in [6, 6.07) is 0. The number of aromatic nitrogens is 2. The first-order valence-corrected chi connectivity index (χ1v) is 6.00. The molecule has 1 rings (SSSR count). The van der Waals surface area contributed by atoms with Crippen LogP contribution in [-0.4, -0.2) is 60.2 Å². The Morgan fingerprint density at radius 3 is 2.89 bits per heavy atom. The monoisotopic (exact) mass is 289 g/mol. The minimum atomic E-state index is -0.598. The standard InChI is InChI=1S/C10H16ClN5O3/c1-15(5-6-19-2)4-3-12-10-8(16(17)18)9(11)13-7-14-10/h7H,3-6H2,1-2H3,(H,12,13,14). The van der Waals surface area contributed by atoms with E-state index >= 15 is 0 Å². The van der Waals surface area contributed by atoms with E-state index < -0.39 is 4.92 Å². The number of nitro groups is 1. The Hall–Kier alpha value is -1.51. The fourth-order valence-corrected chi connectivity index (χ4v) is 1.57. The van der Waals surface area contributed by atoms with Crippen molar-refractivity contribution in [3.63, 3.8) is 0 Å². The van der Waals surface area contributed by atoms with Gasteiger partial charge in [0.25, 0.3) is 0 Å². The molecule has 0 aliphatic rings. The van der Waals surface area contributed by atoms with Gasteiger partial charge in [0.05, 0.1) is 11.5 Å². The molecule has 0 amide bonds. The molecule has 0 atom stereocenters. The number of hydrogen-bond donors (Lipinski definition) is 1. The van der Waals surface area contributed by atoms with Crippen molar-refractivity contribution in [2.75, 3.05) is 45.7 Å². The van der Waals surface area contributed by atoms with E-state index in [2.05, 4.69) is 15.3 Å². The van der Waals surface area contributed by atoms with Gasteiger partial charge >= 0.3 is 5.69 Å². The van der Waals surface area contributed by atoms with Gasteiger partial charge in [-0.15, -0.1) is 0 Å². The molecule has 1 aromatic rings. The average molecular weight is 290 g/mol. The van der Waals surface area contributed by atoms with Gasteiger partial charge in [0.15, 0.2) is 0 Å². The molecule has 0 bridgehead atoms. The van der Waals surface area contributed by atoms with Gasteiger partial charge in [0, 0.05) is 26.7 Å². The van der Waals surface area contributed by atoms with Crippen molar-refractivity contribution < 1.29 is 9.66 Å². The topological polar surface area (TPSA) is 93.4 Å². The first-order chi connectivity index (χ1) is 9.06. The van der Waals surface area contributed by atoms with E-state index in [-0.39, 0.29) is 16.7 Å². The van der Waals surface area contributed by atoms with Crippen molar-refractivity contribution in [3.8, 4) is 0 Å². The molecule has 9 heteroatoms. The van der Waals surface area contributed by atoms with Crippen LogP contribution in [0.5, 0.6) is 0 Å². The highest BCUT2D eigenvalue weighted by molar-refractivity contribution is 6.31. The molecule has 19 heavy (non-hydrogen) atoms. The van der Waals surface area contributed by atoms with Crippen molar-refractivity contribution in [1.82, 2.24) is 14.9 Å². The fourth-order valence-electron chi connectivity index (χ4n) is 1.37. The number of methoxy groups -OCH3 is 1. The van der Waals surface area contributed by atoms with Gasteiger partial charge < -0.3 is 15.0 Å². The van der Waals surface area contributed by atoms with E-state index in [1.54, 1.807) is 7.11 Å². The third-order valence-electron chi connectivity index (χ3n) is 2.42. The number of rotatable bonds is 8. The summed E-state index contributed by atoms with van der Waals surface area (Å²) in [5.41, 5.74) is -0.302. The summed E-state index contributed by atoms with van der Waals surface area (Å²) in [7, 11) is 3.57. The van der Waals surface area contributed by atoms with E-state index in [1.165, 1.54) is 6.33 Å². The van der Waals surface area contributed by atoms with Crippen molar-refractivity contribution in [2.24, 2.45) is 0 Å². The molecule has 0 fully saturated rings. The number of anilines is 1. The summed E-state index contributed by atoms with van der Waals surface area (Å²) in [6.45, 7) is 2.62. The molecule has 0 saturated heterocycles. The number of hydrogen-bond acceptors (Lipinski definition) is 7. The van der Waals surface area contributed by atoms with E-state index in [0.717, 1.165) is 6.54 Å². The Morgan fingerprint density at radius 2 is 2.26 bits per heavy atom. The zero-order chi connectivity index (χ0) is 14.3. The number of likely N-dealkylation sites (N-methyl/N-ethyl adjacent to an activating group) is 1. The SMILES string of the molecule is COCCN(C)CCNc1ncnc(Cl)c1[N+](=O)[O-]. The molecule has 0 aromatic carbocycles. The highest BCUT2D eigenvalue weighted by atomic mass is 35.5. The summed E-state index contributed by atoms with van der Waals surface area (Å²) in [5.74, 6) is 0.130. The predicted molar refractivity (Wildman–Crippen MR) is 71.6 cm³/mol. The summed E-state index contributed by atoms with van der Waals surface area (Å²) in [6.07, 6.45) is 1.19. The van der Waals surface area contributed by atoms with Crippen LogP contribution in [0.4, 0.5) is 11.5 Å². The van der Waals surface area contributed by atoms with Crippen LogP contribution >= 0.6 is 11.6 Å². The van der Waals surface area contributed by atoms with Crippen molar-refractivity contribution in [1.29, 1.82) is 0 Å². The van der Waals surface area contributed by atoms with Crippen LogP contribution in [0.2, 0.25) is 5.15 Å². The minimum absolute atomic E-state index is 0.130. The van der Waals surface area contributed by atoms with Crippen molar-refractivity contribution in [2.45, 2.75) is 0 Å². The van der Waals surface area contributed by atoms with Crippen LogP contribution in [0.1, 0.15) is 0 Å². The molecular weight excluding hydrogens is 274 g/mol. The molecular formula is C10H16ClN5O3. The lowest BCUT2D eigenvalue weighted by molar-refractivity contribution is -0.384. The van der Waals surface area contributed by atoms with Crippen molar-refractivity contribution >= 4 is 23.1 Å². The molecule has 106 valence electrons. The van der Waals surface area contributed by atoms with E-state index in [0.29, 0.717) is 19.7 Å². The second-order valence-electron chi connectivity index (χ2n) is 3.84. The summed E-state index contributed by atoms with van der Waals surface area (Å²) < 4.78 is 4.95. The second-order valence-corrected chi connectivity index (χ2v) is 4.20. The van der Waals surface area contributed by atoms with Gasteiger partial charge in [-0.25, -0.2) is 9.97 Å². The Morgan fingerprint density at radius 1 is 1.53 bits per heavy atom. The molecule has 1 aromatic heterocycles. The largest absolute Gasteiger partial charge is 0.383 e. The molecule has 0 saturated carbocycles. The lowest BCUT2D eigenvalue weighted by Crippen LogP contribution is -2.28. The summed E-state index contributed by atoms with van der Waals surface area (Å²) in [5, 5.41) is 13.6. The molecule has 0 unspecified atom stereocenters. The minimum Gasteiger partial charge on any atom is -0.383 e. The lowest BCUT2D eigenvalue weighted by Gasteiger charge is -2.16. The molecule has 0 aliphatic heterocycles. The van der Waals surface area contributed by atoms with E-state index in [4.69, 9.17) is 16.3 Å². The predicted octanol–water partition coefficient (Wildman–Crippen LogP) is 1.03. The van der Waals surface area contributed by atoms with Crippen LogP contribution in [0, 0.1) is 10.1 Å². The van der Waals surface area contributed by atoms with Crippen LogP contribution < -0.4 is 5.32 Å². The van der Waals surface area contributed by atoms with Gasteiger partial charge in [-0.3, -0.25) is 10.1 Å². The van der Waals surface area contributed by atoms with Crippen LogP contribution in [0.25, 0.3) is 0 Å². The number of halogens is 1. The number of nitrogens with zero attached hydrogens (tertiary/aromatic N) is 4. The van der Waals surface area contributed by atoms with Gasteiger partial charge in [0.2, 0.25) is 11.0 Å². The zero-order valence-electron chi connectivity index (χ0n) is 10.8. The second kappa shape index (κ2) is 7.82. The fraction of sp³-hybridized carbons (Fsp3) is 0.600. The third kappa shape index (κ3) is 4.93. The van der Waals surface area contributed by atoms with Gasteiger partial charge in [-0.2, -0.15) is 0 Å². The number of ether oxygens (including phenoxy) is 1. The maximum Gasteiger partial charge on any atom is 0.348 e. The molecule has 0 aliphatic carbocycles. The highest BCUT2D eigenvalue weighted by Crippen LogP contribution is 2.27. The summed E-state index contributed by atoms with van der Waals surface area (Å²) in [4.78, 5) is 19.7. The molecule has 1 N–H and O–H groups in total. The van der Waals surface area contributed by atoms with Gasteiger partial charge in [-0.05, 0) is 7.05 Å². The molecule has 0 radical (unpaired) electrons. The lowest BCUT2D eigenvalue weighted by atomic mass is 10.4. The van der Waals surface area contributed by atoms with E-state index in [9.17, 15) is 10.1 Å². The average Bonchev–Trinajstić information content (AvgIpc) is 2.36. The third-order valence-corrected chi connectivity index (χ3v) is 2.70. The maximum absolute atomic E-state index is 10.9. The van der Waals surface area contributed by atoms with Crippen molar-refractivity contribution in [3.05, 3.63) is 21.6 Å². The Labute approximate surface area is 115 Å². The molecule has 0 spiro atoms. The normalized spacial score (nSPS) is 10.7. The first-order valence-electron chi connectivity index (χ1n) is 5.62. The summed E-state index contributed by atoms with van der Waals surface area (Å²) >= 11 is 5.67. The Kier molecular flexibility index (Phi) is 6.40. The van der Waals surface area contributed by atoms with Gasteiger partial charge in [0.1, 0.15) is 6.33 Å².